The van der Waals surface area contributed by atoms with Crippen molar-refractivity contribution in [2.45, 2.75) is 23.9 Å². The Morgan fingerprint density at radius 1 is 1.17 bits per heavy atom. The average Bonchev–Trinajstić information content (AvgIpc) is 3.16. The lowest BCUT2D eigenvalue weighted by Gasteiger charge is -2.14. The first-order chi connectivity index (χ1) is 14.6. The largest absolute Gasteiger partial charge is 0.493 e. The van der Waals surface area contributed by atoms with E-state index in [9.17, 15) is 4.79 Å². The molecule has 1 amide bonds. The van der Waals surface area contributed by atoms with Crippen LogP contribution in [0.2, 0.25) is 0 Å². The zero-order chi connectivity index (χ0) is 21.5. The van der Waals surface area contributed by atoms with Crippen molar-refractivity contribution in [2.24, 2.45) is 0 Å². The molecule has 1 aromatic heterocycles. The number of aromatic nitrogens is 3. The molecule has 3 rings (SSSR count). The smallest absolute Gasteiger partial charge is 0.237 e. The van der Waals surface area contributed by atoms with Crippen LogP contribution in [0.5, 0.6) is 11.5 Å². The van der Waals surface area contributed by atoms with Crippen LogP contribution in [0, 0.1) is 0 Å². The monoisotopic (exact) mass is 424 g/mol. The highest BCUT2D eigenvalue weighted by molar-refractivity contribution is 8.00. The van der Waals surface area contributed by atoms with Crippen molar-refractivity contribution < 1.29 is 14.3 Å². The van der Waals surface area contributed by atoms with E-state index in [1.165, 1.54) is 11.8 Å². The number of allylic oxidation sites excluding steroid dienone is 1. The van der Waals surface area contributed by atoms with Crippen LogP contribution in [0.25, 0.3) is 11.4 Å². The molecule has 8 heteroatoms. The molecule has 0 aliphatic carbocycles. The van der Waals surface area contributed by atoms with Gasteiger partial charge in [0.15, 0.2) is 22.5 Å². The van der Waals surface area contributed by atoms with Crippen molar-refractivity contribution in [1.29, 1.82) is 0 Å². The lowest BCUT2D eigenvalue weighted by molar-refractivity contribution is -0.115. The topological polar surface area (TPSA) is 78.3 Å². The summed E-state index contributed by atoms with van der Waals surface area (Å²) in [5, 5.41) is 11.8. The molecular weight excluding hydrogens is 400 g/mol. The zero-order valence-corrected chi connectivity index (χ0v) is 18.0. The van der Waals surface area contributed by atoms with Gasteiger partial charge in [-0.3, -0.25) is 9.36 Å². The van der Waals surface area contributed by atoms with Gasteiger partial charge in [-0.1, -0.05) is 48.2 Å². The molecule has 1 unspecified atom stereocenters. The standard InChI is InChI=1S/C22H24N4O3S/c1-5-13-26-20(16-9-7-6-8-10-16)24-25-22(26)30-15(2)21(27)23-17-11-12-18(28-3)19(14-17)29-4/h5-12,14-15H,1,13H2,2-4H3,(H,23,27). The Kier molecular flexibility index (Phi) is 7.13. The molecule has 0 saturated heterocycles. The summed E-state index contributed by atoms with van der Waals surface area (Å²) in [5.74, 6) is 1.74. The van der Waals surface area contributed by atoms with E-state index in [-0.39, 0.29) is 5.91 Å². The Hall–Kier alpha value is -3.26. The molecule has 1 atom stereocenters. The quantitative estimate of drug-likeness (QED) is 0.408. The van der Waals surface area contributed by atoms with Gasteiger partial charge in [0.1, 0.15) is 0 Å². The van der Waals surface area contributed by atoms with E-state index < -0.39 is 5.25 Å². The van der Waals surface area contributed by atoms with Crippen LogP contribution in [-0.4, -0.2) is 40.1 Å². The molecular formula is C22H24N4O3S. The number of thioether (sulfide) groups is 1. The molecule has 0 aliphatic rings. The van der Waals surface area contributed by atoms with E-state index in [0.717, 1.165) is 11.4 Å². The van der Waals surface area contributed by atoms with E-state index in [2.05, 4.69) is 22.1 Å². The second kappa shape index (κ2) is 9.98. The number of nitrogens with zero attached hydrogens (tertiary/aromatic N) is 3. The summed E-state index contributed by atoms with van der Waals surface area (Å²) < 4.78 is 12.5. The molecule has 1 N–H and O–H groups in total. The van der Waals surface area contributed by atoms with Crippen LogP contribution in [0.3, 0.4) is 0 Å². The Labute approximate surface area is 180 Å². The number of rotatable bonds is 9. The molecule has 2 aromatic carbocycles. The summed E-state index contributed by atoms with van der Waals surface area (Å²) in [6, 6.07) is 15.1. The molecule has 30 heavy (non-hydrogen) atoms. The summed E-state index contributed by atoms with van der Waals surface area (Å²) in [6.07, 6.45) is 1.79. The van der Waals surface area contributed by atoms with Crippen molar-refractivity contribution in [3.63, 3.8) is 0 Å². The zero-order valence-electron chi connectivity index (χ0n) is 17.2. The van der Waals surface area contributed by atoms with Crippen molar-refractivity contribution in [3.8, 4) is 22.9 Å². The molecule has 0 fully saturated rings. The number of hydrogen-bond acceptors (Lipinski definition) is 6. The van der Waals surface area contributed by atoms with E-state index >= 15 is 0 Å². The first-order valence-electron chi connectivity index (χ1n) is 9.36. The number of carbonyl (C=O) groups is 1. The molecule has 0 aliphatic heterocycles. The number of methoxy groups -OCH3 is 2. The minimum absolute atomic E-state index is 0.151. The number of carbonyl (C=O) groups excluding carboxylic acids is 1. The Morgan fingerprint density at radius 3 is 2.57 bits per heavy atom. The van der Waals surface area contributed by atoms with Crippen LogP contribution >= 0.6 is 11.8 Å². The van der Waals surface area contributed by atoms with Gasteiger partial charge in [0.25, 0.3) is 0 Å². The molecule has 156 valence electrons. The molecule has 3 aromatic rings. The van der Waals surface area contributed by atoms with Gasteiger partial charge in [-0.25, -0.2) is 0 Å². The summed E-state index contributed by atoms with van der Waals surface area (Å²) in [5.41, 5.74) is 1.59. The fourth-order valence-corrected chi connectivity index (χ4v) is 3.70. The highest BCUT2D eigenvalue weighted by Gasteiger charge is 2.21. The molecule has 1 heterocycles. The van der Waals surface area contributed by atoms with E-state index in [4.69, 9.17) is 9.47 Å². The summed E-state index contributed by atoms with van der Waals surface area (Å²) in [4.78, 5) is 12.7. The maximum atomic E-state index is 12.7. The fraction of sp³-hybridized carbons (Fsp3) is 0.227. The van der Waals surface area contributed by atoms with Crippen molar-refractivity contribution in [2.75, 3.05) is 19.5 Å². The van der Waals surface area contributed by atoms with E-state index in [1.54, 1.807) is 38.5 Å². The van der Waals surface area contributed by atoms with Gasteiger partial charge in [-0.05, 0) is 19.1 Å². The Morgan fingerprint density at radius 2 is 1.90 bits per heavy atom. The predicted molar refractivity (Wildman–Crippen MR) is 119 cm³/mol. The lowest BCUT2D eigenvalue weighted by Crippen LogP contribution is -2.23. The normalized spacial score (nSPS) is 11.6. The second-order valence-electron chi connectivity index (χ2n) is 6.39. The molecule has 0 bridgehead atoms. The van der Waals surface area contributed by atoms with Gasteiger partial charge in [-0.15, -0.1) is 16.8 Å². The Bertz CT molecular complexity index is 1020. The third-order valence-electron chi connectivity index (χ3n) is 4.36. The highest BCUT2D eigenvalue weighted by atomic mass is 32.2. The lowest BCUT2D eigenvalue weighted by atomic mass is 10.2. The van der Waals surface area contributed by atoms with Gasteiger partial charge in [0, 0.05) is 23.9 Å². The minimum atomic E-state index is -0.394. The van der Waals surface area contributed by atoms with Gasteiger partial charge < -0.3 is 14.8 Å². The number of amides is 1. The number of hydrogen-bond donors (Lipinski definition) is 1. The Balaban J connectivity index is 1.75. The van der Waals surface area contributed by atoms with Crippen LogP contribution < -0.4 is 14.8 Å². The second-order valence-corrected chi connectivity index (χ2v) is 7.70. The molecule has 0 spiro atoms. The van der Waals surface area contributed by atoms with Crippen molar-refractivity contribution in [1.82, 2.24) is 14.8 Å². The maximum Gasteiger partial charge on any atom is 0.237 e. The molecule has 0 radical (unpaired) electrons. The first-order valence-corrected chi connectivity index (χ1v) is 10.2. The third-order valence-corrected chi connectivity index (χ3v) is 5.44. The fourth-order valence-electron chi connectivity index (χ4n) is 2.84. The van der Waals surface area contributed by atoms with Crippen LogP contribution in [-0.2, 0) is 11.3 Å². The van der Waals surface area contributed by atoms with Gasteiger partial charge in [-0.2, -0.15) is 0 Å². The highest BCUT2D eigenvalue weighted by Crippen LogP contribution is 2.31. The maximum absolute atomic E-state index is 12.7. The third kappa shape index (κ3) is 4.83. The van der Waals surface area contributed by atoms with E-state index in [0.29, 0.717) is 28.9 Å². The van der Waals surface area contributed by atoms with Crippen molar-refractivity contribution in [3.05, 3.63) is 61.2 Å². The molecule has 7 nitrogen and oxygen atoms in total. The summed E-state index contributed by atoms with van der Waals surface area (Å²) >= 11 is 1.34. The van der Waals surface area contributed by atoms with Gasteiger partial charge >= 0.3 is 0 Å². The number of anilines is 1. The summed E-state index contributed by atoms with van der Waals surface area (Å²) in [6.45, 7) is 6.20. The first kappa shape index (κ1) is 21.4. The van der Waals surface area contributed by atoms with Gasteiger partial charge in [0.2, 0.25) is 5.91 Å². The number of benzene rings is 2. The average molecular weight is 425 g/mol. The number of ether oxygens (including phenoxy) is 2. The minimum Gasteiger partial charge on any atom is -0.493 e. The van der Waals surface area contributed by atoms with Crippen LogP contribution in [0.4, 0.5) is 5.69 Å². The summed E-state index contributed by atoms with van der Waals surface area (Å²) in [7, 11) is 3.12. The van der Waals surface area contributed by atoms with Crippen LogP contribution in [0.15, 0.2) is 66.3 Å². The predicted octanol–water partition coefficient (Wildman–Crippen LogP) is 4.27. The van der Waals surface area contributed by atoms with Gasteiger partial charge in [0.05, 0.1) is 19.5 Å². The van der Waals surface area contributed by atoms with E-state index in [1.807, 2.05) is 41.8 Å². The number of nitrogens with one attached hydrogen (secondary N) is 1. The van der Waals surface area contributed by atoms with Crippen LogP contribution in [0.1, 0.15) is 6.92 Å². The van der Waals surface area contributed by atoms with Crippen molar-refractivity contribution >= 4 is 23.4 Å². The SMILES string of the molecule is C=CCn1c(SC(C)C(=O)Nc2ccc(OC)c(OC)c2)nnc1-c1ccccc1. The molecule has 0 saturated carbocycles.